The van der Waals surface area contributed by atoms with Gasteiger partial charge in [0.2, 0.25) is 0 Å². The number of hydrogen-bond acceptors (Lipinski definition) is 4. The second-order valence-corrected chi connectivity index (χ2v) is 4.14. The number of pyridine rings is 1. The van der Waals surface area contributed by atoms with Gasteiger partial charge in [0.05, 0.1) is 22.4 Å². The topological polar surface area (TPSA) is 125 Å². The van der Waals surface area contributed by atoms with Crippen LogP contribution in [0.3, 0.4) is 0 Å². The standard InChI is InChI=1S/C14H9NO6/c16-12(17)7-1-2-15-11(6-7)8-3-9(13(18)19)5-10(4-8)14(20)21/h1-6H,(H,16,17)(H,18,19)(H,20,21). The molecule has 0 saturated carbocycles. The lowest BCUT2D eigenvalue weighted by molar-refractivity contribution is 0.0682. The Hall–Kier alpha value is -3.22. The fourth-order valence-electron chi connectivity index (χ4n) is 1.74. The number of rotatable bonds is 4. The predicted octanol–water partition coefficient (Wildman–Crippen LogP) is 1.84. The second-order valence-electron chi connectivity index (χ2n) is 4.14. The summed E-state index contributed by atoms with van der Waals surface area (Å²) in [6.07, 6.45) is 1.26. The molecule has 0 aliphatic heterocycles. The average Bonchev–Trinajstić information content (AvgIpc) is 2.46. The lowest BCUT2D eigenvalue weighted by Crippen LogP contribution is -2.04. The van der Waals surface area contributed by atoms with E-state index in [9.17, 15) is 14.4 Å². The van der Waals surface area contributed by atoms with E-state index in [0.29, 0.717) is 0 Å². The molecule has 0 aliphatic carbocycles. The Bertz CT molecular complexity index is 721. The molecule has 0 atom stereocenters. The van der Waals surface area contributed by atoms with Crippen LogP contribution in [0.5, 0.6) is 0 Å². The summed E-state index contributed by atoms with van der Waals surface area (Å²) in [5.74, 6) is -3.73. The van der Waals surface area contributed by atoms with Crippen LogP contribution in [0.1, 0.15) is 31.1 Å². The highest BCUT2D eigenvalue weighted by atomic mass is 16.4. The number of carbonyl (C=O) groups is 3. The molecule has 0 saturated heterocycles. The third kappa shape index (κ3) is 3.03. The quantitative estimate of drug-likeness (QED) is 0.783. The molecule has 0 radical (unpaired) electrons. The molecule has 2 aromatic rings. The van der Waals surface area contributed by atoms with Crippen molar-refractivity contribution in [2.24, 2.45) is 0 Å². The molecule has 2 rings (SSSR count). The summed E-state index contributed by atoms with van der Waals surface area (Å²) in [7, 11) is 0. The van der Waals surface area contributed by atoms with Crippen LogP contribution in [-0.2, 0) is 0 Å². The first-order valence-electron chi connectivity index (χ1n) is 5.70. The lowest BCUT2D eigenvalue weighted by Gasteiger charge is -2.06. The summed E-state index contributed by atoms with van der Waals surface area (Å²) in [5, 5.41) is 26.9. The Balaban J connectivity index is 2.62. The number of carboxylic acids is 3. The zero-order valence-corrected chi connectivity index (χ0v) is 10.5. The third-order valence-electron chi connectivity index (χ3n) is 2.73. The Labute approximate surface area is 118 Å². The van der Waals surface area contributed by atoms with E-state index in [-0.39, 0.29) is 27.9 Å². The summed E-state index contributed by atoms with van der Waals surface area (Å²) in [6.45, 7) is 0. The molecule has 3 N–H and O–H groups in total. The largest absolute Gasteiger partial charge is 0.478 e. The minimum atomic E-state index is -1.28. The zero-order valence-electron chi connectivity index (χ0n) is 10.5. The van der Waals surface area contributed by atoms with Gasteiger partial charge in [-0.3, -0.25) is 4.98 Å². The highest BCUT2D eigenvalue weighted by molar-refractivity contribution is 5.96. The van der Waals surface area contributed by atoms with Crippen LogP contribution in [0, 0.1) is 0 Å². The molecule has 7 heteroatoms. The van der Waals surface area contributed by atoms with E-state index >= 15 is 0 Å². The summed E-state index contributed by atoms with van der Waals surface area (Å²) >= 11 is 0. The van der Waals surface area contributed by atoms with E-state index in [1.807, 2.05) is 0 Å². The third-order valence-corrected chi connectivity index (χ3v) is 2.73. The molecule has 7 nitrogen and oxygen atoms in total. The Morgan fingerprint density at radius 3 is 1.76 bits per heavy atom. The highest BCUT2D eigenvalue weighted by Gasteiger charge is 2.14. The zero-order chi connectivity index (χ0) is 15.6. The van der Waals surface area contributed by atoms with E-state index in [1.165, 1.54) is 30.5 Å². The van der Waals surface area contributed by atoms with E-state index in [4.69, 9.17) is 15.3 Å². The van der Waals surface area contributed by atoms with Gasteiger partial charge in [-0.2, -0.15) is 0 Å². The van der Waals surface area contributed by atoms with Gasteiger partial charge in [-0.05, 0) is 30.3 Å². The first kappa shape index (κ1) is 14.2. The summed E-state index contributed by atoms with van der Waals surface area (Å²) in [5.41, 5.74) is -0.0617. The highest BCUT2D eigenvalue weighted by Crippen LogP contribution is 2.22. The monoisotopic (exact) mass is 287 g/mol. The molecular weight excluding hydrogens is 278 g/mol. The van der Waals surface area contributed by atoms with Crippen LogP contribution in [0.4, 0.5) is 0 Å². The Morgan fingerprint density at radius 2 is 1.29 bits per heavy atom. The van der Waals surface area contributed by atoms with Gasteiger partial charge >= 0.3 is 17.9 Å². The van der Waals surface area contributed by atoms with Gasteiger partial charge in [-0.25, -0.2) is 14.4 Å². The molecule has 0 bridgehead atoms. The lowest BCUT2D eigenvalue weighted by atomic mass is 10.0. The van der Waals surface area contributed by atoms with Crippen molar-refractivity contribution in [3.05, 3.63) is 53.2 Å². The SMILES string of the molecule is O=C(O)c1cc(C(=O)O)cc(-c2cc(C(=O)O)ccn2)c1. The minimum Gasteiger partial charge on any atom is -0.478 e. The van der Waals surface area contributed by atoms with Gasteiger partial charge in [0.25, 0.3) is 0 Å². The number of hydrogen-bond donors (Lipinski definition) is 3. The fraction of sp³-hybridized carbons (Fsp3) is 0. The summed E-state index contributed by atoms with van der Waals surface area (Å²) < 4.78 is 0. The van der Waals surface area contributed by atoms with Gasteiger partial charge in [0, 0.05) is 11.8 Å². The molecule has 106 valence electrons. The van der Waals surface area contributed by atoms with Crippen LogP contribution >= 0.6 is 0 Å². The number of nitrogens with zero attached hydrogens (tertiary/aromatic N) is 1. The summed E-state index contributed by atoms with van der Waals surface area (Å²) in [4.78, 5) is 36.9. The van der Waals surface area contributed by atoms with Crippen molar-refractivity contribution >= 4 is 17.9 Å². The molecule has 21 heavy (non-hydrogen) atoms. The van der Waals surface area contributed by atoms with E-state index in [1.54, 1.807) is 0 Å². The molecule has 0 unspecified atom stereocenters. The van der Waals surface area contributed by atoms with Crippen LogP contribution in [0.2, 0.25) is 0 Å². The minimum absolute atomic E-state index is 0.0300. The van der Waals surface area contributed by atoms with Gasteiger partial charge < -0.3 is 15.3 Å². The molecule has 1 aromatic carbocycles. The first-order chi connectivity index (χ1) is 9.88. The van der Waals surface area contributed by atoms with Crippen molar-refractivity contribution in [2.45, 2.75) is 0 Å². The van der Waals surface area contributed by atoms with Crippen molar-refractivity contribution in [1.82, 2.24) is 4.98 Å². The maximum absolute atomic E-state index is 11.0. The molecule has 1 aromatic heterocycles. The molecule has 0 fully saturated rings. The Kier molecular flexibility index (Phi) is 3.66. The normalized spacial score (nSPS) is 10.1. The number of carboxylic acid groups (broad SMARTS) is 3. The van der Waals surface area contributed by atoms with Crippen molar-refractivity contribution in [3.8, 4) is 11.3 Å². The number of aromatic nitrogens is 1. The molecule has 0 aliphatic rings. The second kappa shape index (κ2) is 5.41. The maximum atomic E-state index is 11.0. The van der Waals surface area contributed by atoms with Gasteiger partial charge in [0.15, 0.2) is 0 Å². The van der Waals surface area contributed by atoms with Crippen molar-refractivity contribution in [1.29, 1.82) is 0 Å². The first-order valence-corrected chi connectivity index (χ1v) is 5.70. The predicted molar refractivity (Wildman–Crippen MR) is 70.6 cm³/mol. The van der Waals surface area contributed by atoms with Crippen LogP contribution in [0.25, 0.3) is 11.3 Å². The van der Waals surface area contributed by atoms with Gasteiger partial charge in [-0.15, -0.1) is 0 Å². The molecule has 0 spiro atoms. The molecular formula is C14H9NO6. The number of benzene rings is 1. The van der Waals surface area contributed by atoms with E-state index < -0.39 is 17.9 Å². The van der Waals surface area contributed by atoms with Gasteiger partial charge in [0.1, 0.15) is 0 Å². The van der Waals surface area contributed by atoms with Crippen molar-refractivity contribution < 1.29 is 29.7 Å². The van der Waals surface area contributed by atoms with Crippen molar-refractivity contribution in [3.63, 3.8) is 0 Å². The van der Waals surface area contributed by atoms with Crippen molar-refractivity contribution in [2.75, 3.05) is 0 Å². The smallest absolute Gasteiger partial charge is 0.335 e. The fourth-order valence-corrected chi connectivity index (χ4v) is 1.74. The summed E-state index contributed by atoms with van der Waals surface area (Å²) in [6, 6.07) is 6.03. The van der Waals surface area contributed by atoms with Crippen LogP contribution in [-0.4, -0.2) is 38.2 Å². The molecule has 1 heterocycles. The van der Waals surface area contributed by atoms with Gasteiger partial charge in [-0.1, -0.05) is 0 Å². The van der Waals surface area contributed by atoms with E-state index in [0.717, 1.165) is 6.07 Å². The van der Waals surface area contributed by atoms with Crippen LogP contribution < -0.4 is 0 Å². The molecule has 0 amide bonds. The van der Waals surface area contributed by atoms with E-state index in [2.05, 4.69) is 4.98 Å². The van der Waals surface area contributed by atoms with Crippen LogP contribution in [0.15, 0.2) is 36.5 Å². The maximum Gasteiger partial charge on any atom is 0.335 e. The Morgan fingerprint density at radius 1 is 0.762 bits per heavy atom. The average molecular weight is 287 g/mol. The number of aromatic carboxylic acids is 3.